The summed E-state index contributed by atoms with van der Waals surface area (Å²) < 4.78 is 0. The van der Waals surface area contributed by atoms with Crippen molar-refractivity contribution in [3.8, 4) is 0 Å². The minimum atomic E-state index is -0.0554. The lowest BCUT2D eigenvalue weighted by Gasteiger charge is -2.34. The number of hydrogen-bond donors (Lipinski definition) is 1. The second kappa shape index (κ2) is 6.19. The average Bonchev–Trinajstić information content (AvgIpc) is 2.36. The quantitative estimate of drug-likeness (QED) is 0.906. The van der Waals surface area contributed by atoms with Crippen molar-refractivity contribution >= 4 is 17.6 Å². The summed E-state index contributed by atoms with van der Waals surface area (Å²) in [6, 6.07) is -0.0554. The van der Waals surface area contributed by atoms with Gasteiger partial charge in [-0.05, 0) is 18.3 Å². The Hall–Kier alpha value is -1.36. The first-order valence-electron chi connectivity index (χ1n) is 6.54. The number of piperidine rings is 1. The highest BCUT2D eigenvalue weighted by atomic mass is 35.5. The molecule has 1 aliphatic rings. The van der Waals surface area contributed by atoms with Crippen molar-refractivity contribution in [3.63, 3.8) is 0 Å². The maximum atomic E-state index is 12.1. The molecule has 1 aromatic heterocycles. The van der Waals surface area contributed by atoms with Gasteiger partial charge < -0.3 is 10.2 Å². The van der Waals surface area contributed by atoms with Gasteiger partial charge in [0, 0.05) is 25.5 Å². The van der Waals surface area contributed by atoms with Crippen LogP contribution in [0.5, 0.6) is 0 Å². The molecule has 0 spiro atoms. The van der Waals surface area contributed by atoms with E-state index in [0.717, 1.165) is 13.1 Å². The topological polar surface area (TPSA) is 58.1 Å². The second-order valence-corrected chi connectivity index (χ2v) is 5.66. The summed E-state index contributed by atoms with van der Waals surface area (Å²) in [6.45, 7) is 6.28. The van der Waals surface area contributed by atoms with Gasteiger partial charge in [0.05, 0.1) is 12.2 Å². The number of carbonyl (C=O) groups excluding carboxylic acids is 1. The van der Waals surface area contributed by atoms with Crippen molar-refractivity contribution < 1.29 is 4.79 Å². The smallest absolute Gasteiger partial charge is 0.317 e. The first-order valence-corrected chi connectivity index (χ1v) is 6.92. The molecule has 1 aliphatic heterocycles. The molecule has 2 atom stereocenters. The summed E-state index contributed by atoms with van der Waals surface area (Å²) in [7, 11) is 0. The third kappa shape index (κ3) is 3.80. The van der Waals surface area contributed by atoms with Gasteiger partial charge in [0.2, 0.25) is 0 Å². The summed E-state index contributed by atoms with van der Waals surface area (Å²) in [6.07, 6.45) is 4.28. The fourth-order valence-electron chi connectivity index (χ4n) is 2.57. The molecule has 0 bridgehead atoms. The van der Waals surface area contributed by atoms with Gasteiger partial charge >= 0.3 is 6.03 Å². The maximum Gasteiger partial charge on any atom is 0.317 e. The van der Waals surface area contributed by atoms with Crippen LogP contribution in [0.2, 0.25) is 5.15 Å². The number of nitrogens with zero attached hydrogens (tertiary/aromatic N) is 3. The molecule has 2 rings (SSSR count). The highest BCUT2D eigenvalue weighted by Gasteiger charge is 2.25. The largest absolute Gasteiger partial charge is 0.332 e. The van der Waals surface area contributed by atoms with Crippen LogP contribution in [-0.4, -0.2) is 34.0 Å². The molecule has 6 heteroatoms. The third-order valence-corrected chi connectivity index (χ3v) is 3.60. The van der Waals surface area contributed by atoms with E-state index in [4.69, 9.17) is 11.6 Å². The second-order valence-electron chi connectivity index (χ2n) is 5.30. The van der Waals surface area contributed by atoms with Crippen molar-refractivity contribution in [3.05, 3.63) is 23.2 Å². The highest BCUT2D eigenvalue weighted by molar-refractivity contribution is 6.29. The van der Waals surface area contributed by atoms with Crippen LogP contribution in [0, 0.1) is 11.8 Å². The molecule has 0 aromatic carbocycles. The molecule has 19 heavy (non-hydrogen) atoms. The summed E-state index contributed by atoms with van der Waals surface area (Å²) in [4.78, 5) is 22.0. The number of carbonyl (C=O) groups is 1. The number of nitrogens with one attached hydrogen (secondary N) is 1. The highest BCUT2D eigenvalue weighted by Crippen LogP contribution is 2.20. The van der Waals surface area contributed by atoms with E-state index in [1.54, 1.807) is 6.20 Å². The fraction of sp³-hybridized carbons (Fsp3) is 0.615. The fourth-order valence-corrected chi connectivity index (χ4v) is 2.74. The molecule has 0 aliphatic carbocycles. The van der Waals surface area contributed by atoms with Gasteiger partial charge in [-0.1, -0.05) is 25.4 Å². The Balaban J connectivity index is 1.89. The maximum absolute atomic E-state index is 12.1. The molecule has 5 nitrogen and oxygen atoms in total. The monoisotopic (exact) mass is 282 g/mol. The molecule has 1 aromatic rings. The number of halogens is 1. The Bertz CT molecular complexity index is 444. The Morgan fingerprint density at radius 1 is 1.37 bits per heavy atom. The van der Waals surface area contributed by atoms with Crippen molar-refractivity contribution in [1.29, 1.82) is 0 Å². The van der Waals surface area contributed by atoms with Crippen LogP contribution < -0.4 is 5.32 Å². The van der Waals surface area contributed by atoms with E-state index >= 15 is 0 Å². The summed E-state index contributed by atoms with van der Waals surface area (Å²) in [5.41, 5.74) is 0.593. The zero-order valence-electron chi connectivity index (χ0n) is 11.3. The van der Waals surface area contributed by atoms with Gasteiger partial charge in [-0.25, -0.2) is 9.78 Å². The number of likely N-dealkylation sites (tertiary alicyclic amines) is 1. The van der Waals surface area contributed by atoms with Crippen LogP contribution in [0.3, 0.4) is 0 Å². The lowest BCUT2D eigenvalue weighted by Crippen LogP contribution is -2.47. The Kier molecular flexibility index (Phi) is 4.58. The van der Waals surface area contributed by atoms with Gasteiger partial charge in [0.1, 0.15) is 0 Å². The van der Waals surface area contributed by atoms with Gasteiger partial charge in [0.15, 0.2) is 5.15 Å². The minimum absolute atomic E-state index is 0.0554. The molecule has 0 saturated carbocycles. The molecule has 0 radical (unpaired) electrons. The number of hydrogen-bond acceptors (Lipinski definition) is 3. The van der Waals surface area contributed by atoms with Crippen molar-refractivity contribution in [1.82, 2.24) is 20.2 Å². The van der Waals surface area contributed by atoms with Gasteiger partial charge in [-0.15, -0.1) is 0 Å². The van der Waals surface area contributed by atoms with E-state index < -0.39 is 0 Å². The van der Waals surface area contributed by atoms with E-state index in [1.165, 1.54) is 12.6 Å². The zero-order chi connectivity index (χ0) is 13.8. The lowest BCUT2D eigenvalue weighted by molar-refractivity contribution is 0.146. The zero-order valence-corrected chi connectivity index (χ0v) is 12.0. The molecule has 2 heterocycles. The van der Waals surface area contributed by atoms with E-state index in [1.807, 2.05) is 4.90 Å². The van der Waals surface area contributed by atoms with Crippen LogP contribution in [0.15, 0.2) is 12.4 Å². The Morgan fingerprint density at radius 2 is 2.00 bits per heavy atom. The number of amides is 2. The summed E-state index contributed by atoms with van der Waals surface area (Å²) in [5.74, 6) is 1.10. The van der Waals surface area contributed by atoms with Gasteiger partial charge in [-0.3, -0.25) is 4.98 Å². The van der Waals surface area contributed by atoms with Gasteiger partial charge in [0.25, 0.3) is 0 Å². The standard InChI is InChI=1S/C13H19ClN4O/c1-9-5-10(2)8-18(7-9)13(19)17-6-11-12(14)16-4-3-15-11/h3-4,9-10H,5-8H2,1-2H3,(H,17,19). The average molecular weight is 283 g/mol. The van der Waals surface area contributed by atoms with Crippen LogP contribution in [0.25, 0.3) is 0 Å². The van der Waals surface area contributed by atoms with E-state index in [0.29, 0.717) is 29.2 Å². The van der Waals surface area contributed by atoms with E-state index in [2.05, 4.69) is 29.1 Å². The molecule has 2 unspecified atom stereocenters. The van der Waals surface area contributed by atoms with Crippen LogP contribution in [0.1, 0.15) is 26.0 Å². The number of urea groups is 1. The van der Waals surface area contributed by atoms with Crippen molar-refractivity contribution in [2.24, 2.45) is 11.8 Å². The van der Waals surface area contributed by atoms with E-state index in [-0.39, 0.29) is 6.03 Å². The van der Waals surface area contributed by atoms with Crippen molar-refractivity contribution in [2.45, 2.75) is 26.8 Å². The summed E-state index contributed by atoms with van der Waals surface area (Å²) in [5, 5.41) is 3.19. The Morgan fingerprint density at radius 3 is 2.63 bits per heavy atom. The van der Waals surface area contributed by atoms with Crippen LogP contribution in [0.4, 0.5) is 4.79 Å². The molecule has 2 amide bonds. The molecule has 1 N–H and O–H groups in total. The molecule has 104 valence electrons. The third-order valence-electron chi connectivity index (χ3n) is 3.29. The molecular formula is C13H19ClN4O. The minimum Gasteiger partial charge on any atom is -0.332 e. The normalized spacial score (nSPS) is 23.2. The summed E-state index contributed by atoms with van der Waals surface area (Å²) >= 11 is 5.90. The number of aromatic nitrogens is 2. The van der Waals surface area contributed by atoms with Crippen LogP contribution >= 0.6 is 11.6 Å². The first-order chi connectivity index (χ1) is 9.06. The SMILES string of the molecule is CC1CC(C)CN(C(=O)NCc2nccnc2Cl)C1. The van der Waals surface area contributed by atoms with Crippen molar-refractivity contribution in [2.75, 3.05) is 13.1 Å². The predicted octanol–water partition coefficient (Wildman–Crippen LogP) is 2.32. The molecular weight excluding hydrogens is 264 g/mol. The van der Waals surface area contributed by atoms with Crippen LogP contribution in [-0.2, 0) is 6.54 Å². The van der Waals surface area contributed by atoms with Gasteiger partial charge in [-0.2, -0.15) is 0 Å². The predicted molar refractivity (Wildman–Crippen MR) is 73.8 cm³/mol. The lowest BCUT2D eigenvalue weighted by atomic mass is 9.92. The number of rotatable bonds is 2. The van der Waals surface area contributed by atoms with E-state index in [9.17, 15) is 4.79 Å². The molecule has 1 saturated heterocycles. The Labute approximate surface area is 118 Å². The molecule has 1 fully saturated rings. The first kappa shape index (κ1) is 14.1.